The first kappa shape index (κ1) is 16.7. The molecule has 8 nitrogen and oxygen atoms in total. The fourth-order valence-electron chi connectivity index (χ4n) is 1.79. The van der Waals surface area contributed by atoms with Gasteiger partial charge in [-0.25, -0.2) is 9.59 Å². The highest BCUT2D eigenvalue weighted by Crippen LogP contribution is 2.04. The Balaban J connectivity index is 2.24. The minimum atomic E-state index is -1.97. The Bertz CT molecular complexity index is 348. The zero-order chi connectivity index (χ0) is 15.2. The molecular formula is C12H23N3O5. The number of morpholine rings is 1. The molecule has 1 aliphatic heterocycles. The molecule has 0 bridgehead atoms. The first-order valence-corrected chi connectivity index (χ1v) is 6.66. The standard InChI is InChI=1S/C12H23N3O5/c1-3-15-4-5-20-9(7-15)6-13-11(18)14-8-12(2,19)10(16)17/h9,19H,3-8H2,1-2H3,(H,16,17)(H2,13,14,18). The number of carboxylic acids is 1. The summed E-state index contributed by atoms with van der Waals surface area (Å²) in [7, 11) is 0. The van der Waals surface area contributed by atoms with E-state index >= 15 is 0 Å². The van der Waals surface area contributed by atoms with Crippen molar-refractivity contribution < 1.29 is 24.5 Å². The van der Waals surface area contributed by atoms with Crippen molar-refractivity contribution in [1.82, 2.24) is 15.5 Å². The Hall–Kier alpha value is -1.38. The van der Waals surface area contributed by atoms with Crippen LogP contribution in [0.15, 0.2) is 0 Å². The number of nitrogens with zero attached hydrogens (tertiary/aromatic N) is 1. The van der Waals surface area contributed by atoms with Crippen molar-refractivity contribution in [3.05, 3.63) is 0 Å². The molecule has 2 amide bonds. The molecule has 0 aliphatic carbocycles. The molecule has 0 aromatic heterocycles. The Kier molecular flexibility index (Phi) is 6.18. The number of hydrogen-bond acceptors (Lipinski definition) is 5. The third-order valence-corrected chi connectivity index (χ3v) is 3.21. The maximum absolute atomic E-state index is 11.5. The van der Waals surface area contributed by atoms with Crippen LogP contribution in [0.2, 0.25) is 0 Å². The summed E-state index contributed by atoms with van der Waals surface area (Å²) < 4.78 is 5.52. The number of carboxylic acid groups (broad SMARTS) is 1. The van der Waals surface area contributed by atoms with Crippen LogP contribution in [0.3, 0.4) is 0 Å². The van der Waals surface area contributed by atoms with E-state index in [2.05, 4.69) is 22.5 Å². The van der Waals surface area contributed by atoms with Gasteiger partial charge in [-0.05, 0) is 13.5 Å². The normalized spacial score (nSPS) is 22.9. The van der Waals surface area contributed by atoms with Crippen LogP contribution in [0.4, 0.5) is 4.79 Å². The second kappa shape index (κ2) is 7.41. The Labute approximate surface area is 118 Å². The van der Waals surface area contributed by atoms with E-state index in [0.29, 0.717) is 13.2 Å². The number of likely N-dealkylation sites (N-methyl/N-ethyl adjacent to an activating group) is 1. The van der Waals surface area contributed by atoms with Gasteiger partial charge < -0.3 is 25.6 Å². The van der Waals surface area contributed by atoms with Gasteiger partial charge in [0.2, 0.25) is 0 Å². The van der Waals surface area contributed by atoms with Gasteiger partial charge in [-0.15, -0.1) is 0 Å². The highest BCUT2D eigenvalue weighted by atomic mass is 16.5. The van der Waals surface area contributed by atoms with E-state index in [1.54, 1.807) is 0 Å². The van der Waals surface area contributed by atoms with Crippen LogP contribution in [-0.4, -0.2) is 78.1 Å². The second-order valence-corrected chi connectivity index (χ2v) is 5.03. The summed E-state index contributed by atoms with van der Waals surface area (Å²) in [5, 5.41) is 23.1. The molecular weight excluding hydrogens is 266 g/mol. The second-order valence-electron chi connectivity index (χ2n) is 5.03. The molecule has 1 saturated heterocycles. The molecule has 2 atom stereocenters. The molecule has 8 heteroatoms. The van der Waals surface area contributed by atoms with E-state index < -0.39 is 17.6 Å². The Morgan fingerprint density at radius 2 is 2.15 bits per heavy atom. The number of rotatable bonds is 6. The van der Waals surface area contributed by atoms with Crippen molar-refractivity contribution in [2.45, 2.75) is 25.6 Å². The fourth-order valence-corrected chi connectivity index (χ4v) is 1.79. The van der Waals surface area contributed by atoms with Gasteiger partial charge in [0.05, 0.1) is 19.3 Å². The minimum Gasteiger partial charge on any atom is -0.479 e. The summed E-state index contributed by atoms with van der Waals surface area (Å²) in [6.45, 7) is 6.39. The number of urea groups is 1. The number of ether oxygens (including phenoxy) is 1. The predicted molar refractivity (Wildman–Crippen MR) is 71.5 cm³/mol. The van der Waals surface area contributed by atoms with Crippen LogP contribution >= 0.6 is 0 Å². The molecule has 116 valence electrons. The maximum Gasteiger partial charge on any atom is 0.337 e. The summed E-state index contributed by atoms with van der Waals surface area (Å²) in [6, 6.07) is -0.524. The number of aliphatic carboxylic acids is 1. The van der Waals surface area contributed by atoms with Crippen LogP contribution in [0.25, 0.3) is 0 Å². The summed E-state index contributed by atoms with van der Waals surface area (Å²) >= 11 is 0. The van der Waals surface area contributed by atoms with E-state index in [1.165, 1.54) is 0 Å². The van der Waals surface area contributed by atoms with Gasteiger partial charge in [0.1, 0.15) is 0 Å². The van der Waals surface area contributed by atoms with Crippen molar-refractivity contribution in [2.75, 3.05) is 39.3 Å². The van der Waals surface area contributed by atoms with Crippen LogP contribution in [0.1, 0.15) is 13.8 Å². The number of aliphatic hydroxyl groups is 1. The number of hydrogen-bond donors (Lipinski definition) is 4. The van der Waals surface area contributed by atoms with Gasteiger partial charge in [-0.3, -0.25) is 4.90 Å². The van der Waals surface area contributed by atoms with Gasteiger partial charge in [-0.2, -0.15) is 0 Å². The SMILES string of the molecule is CCN1CCOC(CNC(=O)NCC(C)(O)C(=O)O)C1. The molecule has 1 aliphatic rings. The van der Waals surface area contributed by atoms with E-state index in [0.717, 1.165) is 26.6 Å². The Morgan fingerprint density at radius 1 is 1.45 bits per heavy atom. The fraction of sp³-hybridized carbons (Fsp3) is 0.833. The van der Waals surface area contributed by atoms with Gasteiger partial charge >= 0.3 is 12.0 Å². The van der Waals surface area contributed by atoms with Crippen molar-refractivity contribution in [1.29, 1.82) is 0 Å². The molecule has 1 heterocycles. The number of amides is 2. The molecule has 4 N–H and O–H groups in total. The average Bonchev–Trinajstić information content (AvgIpc) is 2.43. The smallest absolute Gasteiger partial charge is 0.337 e. The van der Waals surface area contributed by atoms with E-state index in [-0.39, 0.29) is 12.6 Å². The summed E-state index contributed by atoms with van der Waals surface area (Å²) in [6.07, 6.45) is -0.0746. The summed E-state index contributed by atoms with van der Waals surface area (Å²) in [5.41, 5.74) is -1.97. The zero-order valence-corrected chi connectivity index (χ0v) is 11.9. The average molecular weight is 289 g/mol. The predicted octanol–water partition coefficient (Wildman–Crippen LogP) is -1.16. The highest BCUT2D eigenvalue weighted by molar-refractivity contribution is 5.79. The van der Waals surface area contributed by atoms with Crippen molar-refractivity contribution >= 4 is 12.0 Å². The molecule has 0 radical (unpaired) electrons. The summed E-state index contributed by atoms with van der Waals surface area (Å²) in [4.78, 5) is 24.4. The topological polar surface area (TPSA) is 111 Å². The number of nitrogens with one attached hydrogen (secondary N) is 2. The molecule has 1 fully saturated rings. The third-order valence-electron chi connectivity index (χ3n) is 3.21. The van der Waals surface area contributed by atoms with Gasteiger partial charge in [0, 0.05) is 19.6 Å². The molecule has 0 saturated carbocycles. The Morgan fingerprint density at radius 3 is 2.75 bits per heavy atom. The third kappa shape index (κ3) is 5.32. The van der Waals surface area contributed by atoms with E-state index in [1.807, 2.05) is 0 Å². The van der Waals surface area contributed by atoms with Crippen molar-refractivity contribution in [3.63, 3.8) is 0 Å². The lowest BCUT2D eigenvalue weighted by atomic mass is 10.1. The van der Waals surface area contributed by atoms with Gasteiger partial charge in [-0.1, -0.05) is 6.92 Å². The molecule has 20 heavy (non-hydrogen) atoms. The molecule has 1 rings (SSSR count). The maximum atomic E-state index is 11.5. The van der Waals surface area contributed by atoms with Crippen molar-refractivity contribution in [3.8, 4) is 0 Å². The summed E-state index contributed by atoms with van der Waals surface area (Å²) in [5.74, 6) is -1.38. The number of carbonyl (C=O) groups excluding carboxylic acids is 1. The van der Waals surface area contributed by atoms with E-state index in [9.17, 15) is 14.7 Å². The minimum absolute atomic E-state index is 0.0746. The van der Waals surface area contributed by atoms with Crippen LogP contribution < -0.4 is 10.6 Å². The first-order chi connectivity index (χ1) is 9.35. The van der Waals surface area contributed by atoms with E-state index in [4.69, 9.17) is 9.84 Å². The molecule has 0 aromatic rings. The monoisotopic (exact) mass is 289 g/mol. The van der Waals surface area contributed by atoms with Crippen LogP contribution in [-0.2, 0) is 9.53 Å². The van der Waals surface area contributed by atoms with Gasteiger partial charge in [0.15, 0.2) is 5.60 Å². The molecule has 0 aromatic carbocycles. The lowest BCUT2D eigenvalue weighted by Gasteiger charge is -2.32. The zero-order valence-electron chi connectivity index (χ0n) is 11.9. The lowest BCUT2D eigenvalue weighted by Crippen LogP contribution is -2.52. The van der Waals surface area contributed by atoms with Crippen LogP contribution in [0.5, 0.6) is 0 Å². The largest absolute Gasteiger partial charge is 0.479 e. The first-order valence-electron chi connectivity index (χ1n) is 6.66. The quantitative estimate of drug-likeness (QED) is 0.491. The highest BCUT2D eigenvalue weighted by Gasteiger charge is 2.30. The lowest BCUT2D eigenvalue weighted by molar-refractivity contribution is -0.155. The van der Waals surface area contributed by atoms with Gasteiger partial charge in [0.25, 0.3) is 0 Å². The van der Waals surface area contributed by atoms with Crippen molar-refractivity contribution in [2.24, 2.45) is 0 Å². The van der Waals surface area contributed by atoms with Crippen LogP contribution in [0, 0.1) is 0 Å². The molecule has 0 spiro atoms. The molecule has 2 unspecified atom stereocenters. The number of carbonyl (C=O) groups is 2.